The number of allylic oxidation sites excluding steroid dienone is 2. The molecule has 3 aliphatic rings. The maximum atomic E-state index is 13.0. The molecule has 2 unspecified atom stereocenters. The van der Waals surface area contributed by atoms with Gasteiger partial charge in [0.1, 0.15) is 0 Å². The van der Waals surface area contributed by atoms with Gasteiger partial charge in [-0.1, -0.05) is 17.7 Å². The van der Waals surface area contributed by atoms with Gasteiger partial charge in [-0.2, -0.15) is 24.9 Å². The van der Waals surface area contributed by atoms with Crippen molar-refractivity contribution in [1.82, 2.24) is 0 Å². The smallest absolute Gasteiger partial charge is 0.294 e. The SMILES string of the molecule is O=C1CCCC2=C1C(c1ccc(C(F)(F)F)c(Cl)c1)C1SCCC1=N2. The van der Waals surface area contributed by atoms with Gasteiger partial charge in [0.05, 0.1) is 15.8 Å². The number of hydrogen-bond donors (Lipinski definition) is 0. The predicted octanol–water partition coefficient (Wildman–Crippen LogP) is 5.41. The van der Waals surface area contributed by atoms with Crippen LogP contribution in [0.2, 0.25) is 5.02 Å². The molecule has 1 aliphatic carbocycles. The van der Waals surface area contributed by atoms with E-state index in [0.717, 1.165) is 42.5 Å². The molecule has 0 amide bonds. The van der Waals surface area contributed by atoms with Crippen molar-refractivity contribution in [3.63, 3.8) is 0 Å². The number of rotatable bonds is 1. The zero-order valence-electron chi connectivity index (χ0n) is 13.2. The van der Waals surface area contributed by atoms with Crippen LogP contribution >= 0.6 is 23.4 Å². The van der Waals surface area contributed by atoms with Crippen LogP contribution in [0.25, 0.3) is 0 Å². The van der Waals surface area contributed by atoms with Gasteiger partial charge in [-0.15, -0.1) is 0 Å². The zero-order valence-corrected chi connectivity index (χ0v) is 14.8. The normalized spacial score (nSPS) is 26.4. The predicted molar refractivity (Wildman–Crippen MR) is 93.4 cm³/mol. The molecule has 4 rings (SSSR count). The van der Waals surface area contributed by atoms with Crippen LogP contribution in [0.3, 0.4) is 0 Å². The first-order valence-electron chi connectivity index (χ1n) is 8.18. The number of fused-ring (bicyclic) bond motifs is 1. The highest BCUT2D eigenvalue weighted by Crippen LogP contribution is 2.48. The molecule has 132 valence electrons. The van der Waals surface area contributed by atoms with E-state index in [1.807, 2.05) is 0 Å². The van der Waals surface area contributed by atoms with E-state index in [1.165, 1.54) is 12.1 Å². The van der Waals surface area contributed by atoms with E-state index < -0.39 is 11.7 Å². The largest absolute Gasteiger partial charge is 0.417 e. The lowest BCUT2D eigenvalue weighted by Gasteiger charge is -2.33. The first-order valence-corrected chi connectivity index (χ1v) is 9.61. The van der Waals surface area contributed by atoms with Crippen LogP contribution in [0.4, 0.5) is 13.2 Å². The molecule has 2 heterocycles. The molecule has 1 aromatic carbocycles. The van der Waals surface area contributed by atoms with Crippen molar-refractivity contribution in [3.05, 3.63) is 45.6 Å². The van der Waals surface area contributed by atoms with E-state index in [2.05, 4.69) is 0 Å². The minimum Gasteiger partial charge on any atom is -0.294 e. The summed E-state index contributed by atoms with van der Waals surface area (Å²) in [7, 11) is 0. The molecule has 2 atom stereocenters. The summed E-state index contributed by atoms with van der Waals surface area (Å²) < 4.78 is 39.0. The van der Waals surface area contributed by atoms with Crippen LogP contribution in [0.1, 0.15) is 42.7 Å². The van der Waals surface area contributed by atoms with Gasteiger partial charge in [0, 0.05) is 29.3 Å². The number of nitrogens with zero attached hydrogens (tertiary/aromatic N) is 1. The van der Waals surface area contributed by atoms with Crippen molar-refractivity contribution in [2.45, 2.75) is 43.0 Å². The molecule has 2 nitrogen and oxygen atoms in total. The lowest BCUT2D eigenvalue weighted by atomic mass is 9.77. The van der Waals surface area contributed by atoms with Crippen LogP contribution in [-0.2, 0) is 11.0 Å². The number of thioether (sulfide) groups is 1. The molecule has 1 saturated heterocycles. The van der Waals surface area contributed by atoms with Gasteiger partial charge in [0.25, 0.3) is 0 Å². The van der Waals surface area contributed by atoms with Gasteiger partial charge in [-0.3, -0.25) is 9.79 Å². The summed E-state index contributed by atoms with van der Waals surface area (Å²) in [6.45, 7) is 0. The van der Waals surface area contributed by atoms with Crippen molar-refractivity contribution in [3.8, 4) is 0 Å². The number of carbonyl (C=O) groups excluding carboxylic acids is 1. The Kier molecular flexibility index (Phi) is 4.23. The monoisotopic (exact) mass is 385 g/mol. The van der Waals surface area contributed by atoms with Gasteiger partial charge in [-0.25, -0.2) is 0 Å². The molecule has 1 aromatic rings. The number of aliphatic imine (C=N–C) groups is 1. The number of hydrogen-bond acceptors (Lipinski definition) is 3. The van der Waals surface area contributed by atoms with Crippen molar-refractivity contribution >= 4 is 34.9 Å². The van der Waals surface area contributed by atoms with E-state index in [4.69, 9.17) is 16.6 Å². The van der Waals surface area contributed by atoms with Gasteiger partial charge in [-0.05, 0) is 42.7 Å². The van der Waals surface area contributed by atoms with E-state index in [9.17, 15) is 18.0 Å². The molecule has 0 spiro atoms. The zero-order chi connectivity index (χ0) is 17.8. The number of ketones is 1. The Labute approximate surface area is 152 Å². The quantitative estimate of drug-likeness (QED) is 0.646. The third-order valence-corrected chi connectivity index (χ3v) is 6.62. The van der Waals surface area contributed by atoms with Gasteiger partial charge < -0.3 is 0 Å². The molecule has 2 aliphatic heterocycles. The average molecular weight is 386 g/mol. The van der Waals surface area contributed by atoms with Crippen LogP contribution in [0.5, 0.6) is 0 Å². The van der Waals surface area contributed by atoms with Gasteiger partial charge >= 0.3 is 6.18 Å². The molecule has 1 fully saturated rings. The molecule has 25 heavy (non-hydrogen) atoms. The molecular formula is C18H15ClF3NOS. The average Bonchev–Trinajstić information content (AvgIpc) is 2.99. The lowest BCUT2D eigenvalue weighted by molar-refractivity contribution is -0.137. The summed E-state index contributed by atoms with van der Waals surface area (Å²) >= 11 is 7.65. The third kappa shape index (κ3) is 2.93. The second-order valence-electron chi connectivity index (χ2n) is 6.50. The van der Waals surface area contributed by atoms with E-state index in [-0.39, 0.29) is 22.0 Å². The van der Waals surface area contributed by atoms with Crippen molar-refractivity contribution in [1.29, 1.82) is 0 Å². The summed E-state index contributed by atoms with van der Waals surface area (Å²) in [6, 6.07) is 3.87. The van der Waals surface area contributed by atoms with Crippen LogP contribution in [0.15, 0.2) is 34.5 Å². The highest BCUT2D eigenvalue weighted by atomic mass is 35.5. The number of alkyl halides is 3. The Morgan fingerprint density at radius 3 is 2.72 bits per heavy atom. The van der Waals surface area contributed by atoms with Crippen LogP contribution in [-0.4, -0.2) is 22.5 Å². The molecule has 0 saturated carbocycles. The Hall–Kier alpha value is -1.27. The van der Waals surface area contributed by atoms with Gasteiger partial charge in [0.2, 0.25) is 0 Å². The molecule has 0 bridgehead atoms. The Bertz CT molecular complexity index is 815. The van der Waals surface area contributed by atoms with Crippen LogP contribution in [0, 0.1) is 0 Å². The minimum absolute atomic E-state index is 0.0219. The molecule has 0 radical (unpaired) electrons. The second-order valence-corrected chi connectivity index (χ2v) is 8.15. The Morgan fingerprint density at radius 1 is 1.20 bits per heavy atom. The Balaban J connectivity index is 1.82. The van der Waals surface area contributed by atoms with Crippen LogP contribution < -0.4 is 0 Å². The topological polar surface area (TPSA) is 29.4 Å². The fraction of sp³-hybridized carbons (Fsp3) is 0.444. The summed E-state index contributed by atoms with van der Waals surface area (Å²) in [5, 5.41) is -0.295. The minimum atomic E-state index is -4.48. The Morgan fingerprint density at radius 2 is 2.00 bits per heavy atom. The van der Waals surface area contributed by atoms with Crippen molar-refractivity contribution in [2.24, 2.45) is 4.99 Å². The second kappa shape index (κ2) is 6.16. The summed E-state index contributed by atoms with van der Waals surface area (Å²) in [4.78, 5) is 17.3. The highest BCUT2D eigenvalue weighted by Gasteiger charge is 2.43. The molecular weight excluding hydrogens is 371 g/mol. The fourth-order valence-corrected chi connectivity index (χ4v) is 5.60. The maximum absolute atomic E-state index is 13.0. The molecule has 7 heteroatoms. The standard InChI is InChI=1S/C18H15ClF3NOS/c19-11-8-9(4-5-10(11)18(20,21)22)15-16-12(2-1-3-14(16)24)23-13-6-7-25-17(13)15/h4-5,8,15,17H,1-3,6-7H2. The summed E-state index contributed by atoms with van der Waals surface area (Å²) in [5.41, 5.74) is 2.40. The third-order valence-electron chi connectivity index (χ3n) is 4.96. The number of halogens is 4. The maximum Gasteiger partial charge on any atom is 0.417 e. The van der Waals surface area contributed by atoms with E-state index in [0.29, 0.717) is 17.6 Å². The van der Waals surface area contributed by atoms with E-state index >= 15 is 0 Å². The summed E-state index contributed by atoms with van der Waals surface area (Å²) in [6.07, 6.45) is -1.60. The number of carbonyl (C=O) groups is 1. The fourth-order valence-electron chi connectivity index (χ4n) is 3.87. The van der Waals surface area contributed by atoms with E-state index in [1.54, 1.807) is 11.8 Å². The number of Topliss-reactive ketones (excluding diaryl/α,β-unsaturated/α-hetero) is 1. The van der Waals surface area contributed by atoms with Crippen molar-refractivity contribution < 1.29 is 18.0 Å². The number of benzene rings is 1. The molecule has 0 N–H and O–H groups in total. The first-order chi connectivity index (χ1) is 11.9. The summed E-state index contributed by atoms with van der Waals surface area (Å²) in [5.74, 6) is 0.739. The lowest BCUT2D eigenvalue weighted by Crippen LogP contribution is -2.32. The van der Waals surface area contributed by atoms with Gasteiger partial charge in [0.15, 0.2) is 5.78 Å². The first kappa shape index (κ1) is 17.2. The highest BCUT2D eigenvalue weighted by molar-refractivity contribution is 8.01. The van der Waals surface area contributed by atoms with Crippen molar-refractivity contribution in [2.75, 3.05) is 5.75 Å². The molecule has 0 aromatic heterocycles.